The van der Waals surface area contributed by atoms with E-state index in [-0.39, 0.29) is 5.78 Å². The van der Waals surface area contributed by atoms with Gasteiger partial charge in [-0.15, -0.1) is 10.2 Å². The first kappa shape index (κ1) is 22.5. The van der Waals surface area contributed by atoms with Gasteiger partial charge in [0.15, 0.2) is 16.8 Å². The standard InChI is InChI=1S/C24H31N5O2S/c1-16-12-21(17(2)26-16)22(30)15-32-24-28-27-23(29(24)19-9-5-4-6-10-19)14-25-18-8-7-11-20(13-18)31-3/h7-8,11-13,19,25-26H,4-6,9-10,14-15H2,1-3H3. The first-order valence-electron chi connectivity index (χ1n) is 11.2. The number of H-pyrrole nitrogens is 1. The van der Waals surface area contributed by atoms with Gasteiger partial charge in [0, 0.05) is 34.7 Å². The second kappa shape index (κ2) is 10.3. The maximum Gasteiger partial charge on any atom is 0.191 e. The van der Waals surface area contributed by atoms with Crippen LogP contribution in [-0.2, 0) is 6.54 Å². The second-order valence-corrected chi connectivity index (χ2v) is 9.29. The molecule has 1 aliphatic rings. The van der Waals surface area contributed by atoms with Crippen LogP contribution >= 0.6 is 11.8 Å². The van der Waals surface area contributed by atoms with Gasteiger partial charge in [-0.05, 0) is 44.9 Å². The lowest BCUT2D eigenvalue weighted by Gasteiger charge is -2.25. The molecule has 2 aromatic heterocycles. The molecule has 1 fully saturated rings. The number of aryl methyl sites for hydroxylation is 2. The van der Waals surface area contributed by atoms with E-state index in [1.807, 2.05) is 44.2 Å². The van der Waals surface area contributed by atoms with Gasteiger partial charge in [0.1, 0.15) is 5.75 Å². The molecule has 32 heavy (non-hydrogen) atoms. The van der Waals surface area contributed by atoms with Gasteiger partial charge in [0.25, 0.3) is 0 Å². The number of nitrogens with zero attached hydrogens (tertiary/aromatic N) is 3. The van der Waals surface area contributed by atoms with Crippen molar-refractivity contribution >= 4 is 23.2 Å². The molecule has 2 N–H and O–H groups in total. The third-order valence-electron chi connectivity index (χ3n) is 5.98. The minimum absolute atomic E-state index is 0.117. The molecule has 0 bridgehead atoms. The van der Waals surface area contributed by atoms with Gasteiger partial charge in [-0.3, -0.25) is 4.79 Å². The molecular formula is C24H31N5O2S. The molecule has 1 aromatic carbocycles. The van der Waals surface area contributed by atoms with Crippen LogP contribution in [0.1, 0.15) is 65.7 Å². The van der Waals surface area contributed by atoms with Crippen LogP contribution in [0.2, 0.25) is 0 Å². The number of carbonyl (C=O) groups excluding carboxylic acids is 1. The molecule has 0 amide bonds. The highest BCUT2D eigenvalue weighted by atomic mass is 32.2. The summed E-state index contributed by atoms with van der Waals surface area (Å²) in [6.07, 6.45) is 5.97. The van der Waals surface area contributed by atoms with Crippen LogP contribution in [0.25, 0.3) is 0 Å². The van der Waals surface area contributed by atoms with Crippen molar-refractivity contribution in [1.29, 1.82) is 0 Å². The molecule has 0 atom stereocenters. The third kappa shape index (κ3) is 5.18. The zero-order valence-corrected chi connectivity index (χ0v) is 19.8. The predicted octanol–water partition coefficient (Wildman–Crippen LogP) is 5.32. The number of ketones is 1. The summed E-state index contributed by atoms with van der Waals surface area (Å²) in [7, 11) is 1.67. The maximum atomic E-state index is 12.8. The van der Waals surface area contributed by atoms with Crippen molar-refractivity contribution < 1.29 is 9.53 Å². The van der Waals surface area contributed by atoms with E-state index in [4.69, 9.17) is 4.74 Å². The van der Waals surface area contributed by atoms with E-state index in [9.17, 15) is 4.79 Å². The molecular weight excluding hydrogens is 422 g/mol. The summed E-state index contributed by atoms with van der Waals surface area (Å²) in [5.74, 6) is 2.19. The maximum absolute atomic E-state index is 12.8. The molecule has 0 unspecified atom stereocenters. The van der Waals surface area contributed by atoms with Crippen molar-refractivity contribution in [2.75, 3.05) is 18.2 Å². The Morgan fingerprint density at radius 2 is 2.03 bits per heavy atom. The first-order chi connectivity index (χ1) is 15.5. The average Bonchev–Trinajstić information content (AvgIpc) is 3.38. The molecule has 7 nitrogen and oxygen atoms in total. The number of nitrogens with one attached hydrogen (secondary N) is 2. The van der Waals surface area contributed by atoms with Crippen LogP contribution in [-0.4, -0.2) is 38.4 Å². The molecule has 0 radical (unpaired) electrons. The quantitative estimate of drug-likeness (QED) is 0.337. The summed E-state index contributed by atoms with van der Waals surface area (Å²) in [4.78, 5) is 16.0. The van der Waals surface area contributed by atoms with Crippen molar-refractivity contribution in [2.24, 2.45) is 0 Å². The van der Waals surface area contributed by atoms with Crippen molar-refractivity contribution in [3.63, 3.8) is 0 Å². The Hall–Kier alpha value is -2.74. The average molecular weight is 454 g/mol. The summed E-state index contributed by atoms with van der Waals surface area (Å²) in [6, 6.07) is 10.2. The van der Waals surface area contributed by atoms with Crippen LogP contribution in [0.15, 0.2) is 35.5 Å². The fourth-order valence-electron chi connectivity index (χ4n) is 4.37. The van der Waals surface area contributed by atoms with Crippen LogP contribution in [0, 0.1) is 13.8 Å². The molecule has 8 heteroatoms. The fraction of sp³-hybridized carbons (Fsp3) is 0.458. The number of aromatic nitrogens is 4. The lowest BCUT2D eigenvalue weighted by atomic mass is 9.95. The summed E-state index contributed by atoms with van der Waals surface area (Å²) in [5.41, 5.74) is 3.67. The largest absolute Gasteiger partial charge is 0.497 e. The smallest absolute Gasteiger partial charge is 0.191 e. The highest BCUT2D eigenvalue weighted by molar-refractivity contribution is 7.99. The molecule has 3 aromatic rings. The Morgan fingerprint density at radius 3 is 2.75 bits per heavy atom. The van der Waals surface area contributed by atoms with Gasteiger partial charge >= 0.3 is 0 Å². The molecule has 0 spiro atoms. The predicted molar refractivity (Wildman–Crippen MR) is 128 cm³/mol. The number of aromatic amines is 1. The van der Waals surface area contributed by atoms with Gasteiger partial charge in [-0.25, -0.2) is 0 Å². The van der Waals surface area contributed by atoms with Gasteiger partial charge in [-0.2, -0.15) is 0 Å². The number of carbonyl (C=O) groups is 1. The summed E-state index contributed by atoms with van der Waals surface area (Å²) in [6.45, 7) is 4.48. The van der Waals surface area contributed by atoms with Gasteiger partial charge in [0.2, 0.25) is 0 Å². The number of hydrogen-bond donors (Lipinski definition) is 2. The number of hydrogen-bond acceptors (Lipinski definition) is 6. The number of thioether (sulfide) groups is 1. The van der Waals surface area contributed by atoms with Crippen molar-refractivity contribution in [3.05, 3.63) is 53.1 Å². The van der Waals surface area contributed by atoms with E-state index in [2.05, 4.69) is 25.1 Å². The van der Waals surface area contributed by atoms with Crippen LogP contribution in [0.4, 0.5) is 5.69 Å². The van der Waals surface area contributed by atoms with Crippen molar-refractivity contribution in [3.8, 4) is 5.75 Å². The molecule has 170 valence electrons. The SMILES string of the molecule is COc1cccc(NCc2nnc(SCC(=O)c3cc(C)[nH]c3C)n2C2CCCCC2)c1. The fourth-order valence-corrected chi connectivity index (χ4v) is 5.28. The van der Waals surface area contributed by atoms with Crippen LogP contribution in [0.3, 0.4) is 0 Å². The normalized spacial score (nSPS) is 14.5. The first-order valence-corrected chi connectivity index (χ1v) is 12.2. The monoisotopic (exact) mass is 453 g/mol. The second-order valence-electron chi connectivity index (χ2n) is 8.35. The highest BCUT2D eigenvalue weighted by Crippen LogP contribution is 2.33. The molecule has 4 rings (SSSR count). The molecule has 1 saturated carbocycles. The lowest BCUT2D eigenvalue weighted by molar-refractivity contribution is 0.102. The Morgan fingerprint density at radius 1 is 1.22 bits per heavy atom. The lowest BCUT2D eigenvalue weighted by Crippen LogP contribution is -2.18. The number of ether oxygens (including phenoxy) is 1. The zero-order chi connectivity index (χ0) is 22.5. The Labute approximate surface area is 193 Å². The highest BCUT2D eigenvalue weighted by Gasteiger charge is 2.24. The van der Waals surface area contributed by atoms with Crippen molar-refractivity contribution in [1.82, 2.24) is 19.7 Å². The number of methoxy groups -OCH3 is 1. The molecule has 2 heterocycles. The van der Waals surface area contributed by atoms with E-state index >= 15 is 0 Å². The summed E-state index contributed by atoms with van der Waals surface area (Å²) in [5, 5.41) is 13.3. The summed E-state index contributed by atoms with van der Waals surface area (Å²) >= 11 is 1.49. The number of rotatable bonds is 9. The van der Waals surface area contributed by atoms with Crippen molar-refractivity contribution in [2.45, 2.75) is 63.7 Å². The van der Waals surface area contributed by atoms with E-state index in [1.54, 1.807) is 7.11 Å². The van der Waals surface area contributed by atoms with E-state index in [1.165, 1.54) is 31.0 Å². The Kier molecular flexibility index (Phi) is 7.19. The van der Waals surface area contributed by atoms with Gasteiger partial charge in [-0.1, -0.05) is 37.1 Å². The minimum atomic E-state index is 0.117. The van der Waals surface area contributed by atoms with Gasteiger partial charge < -0.3 is 19.6 Å². The molecule has 0 saturated heterocycles. The van der Waals surface area contributed by atoms with Crippen LogP contribution in [0.5, 0.6) is 5.75 Å². The molecule has 1 aliphatic carbocycles. The topological polar surface area (TPSA) is 84.8 Å². The summed E-state index contributed by atoms with van der Waals surface area (Å²) < 4.78 is 7.58. The van der Waals surface area contributed by atoms with E-state index in [0.717, 1.165) is 52.2 Å². The van der Waals surface area contributed by atoms with Crippen LogP contribution < -0.4 is 10.1 Å². The molecule has 0 aliphatic heterocycles. The number of anilines is 1. The van der Waals surface area contributed by atoms with Gasteiger partial charge in [0.05, 0.1) is 19.4 Å². The minimum Gasteiger partial charge on any atom is -0.497 e. The van der Waals surface area contributed by atoms with E-state index < -0.39 is 0 Å². The Balaban J connectivity index is 1.50. The van der Waals surface area contributed by atoms with E-state index in [0.29, 0.717) is 18.3 Å². The number of benzene rings is 1. The zero-order valence-electron chi connectivity index (χ0n) is 19.0. The number of Topliss-reactive ketones (excluding diaryl/α,β-unsaturated/α-hetero) is 1. The Bertz CT molecular complexity index is 1070. The third-order valence-corrected chi connectivity index (χ3v) is 6.92.